The second kappa shape index (κ2) is 4.64. The number of likely N-dealkylation sites (N-methyl/N-ethyl adjacent to an activating group) is 1. The molecule has 0 amide bonds. The highest BCUT2D eigenvalue weighted by molar-refractivity contribution is 7.07. The minimum atomic E-state index is 0.346. The summed E-state index contributed by atoms with van der Waals surface area (Å²) in [5, 5.41) is 7.64. The van der Waals surface area contributed by atoms with Crippen molar-refractivity contribution >= 4 is 11.3 Å². The van der Waals surface area contributed by atoms with Crippen LogP contribution in [0, 0.1) is 6.92 Å². The first-order valence-corrected chi connectivity index (χ1v) is 5.98. The maximum Gasteiger partial charge on any atom is 0.105 e. The Hall–Kier alpha value is -1.06. The number of hydrogen-bond donors (Lipinski definition) is 1. The normalized spacial score (nSPS) is 12.9. The molecular formula is C12H15NOS. The third-order valence-electron chi connectivity index (χ3n) is 2.64. The standard InChI is InChI=1S/C12H15NOS/c1-9-11(3-5-14-9)12(13-2)7-10-4-6-15-8-10/h3-6,8,12-13H,7H2,1-2H3. The van der Waals surface area contributed by atoms with E-state index in [-0.39, 0.29) is 0 Å². The lowest BCUT2D eigenvalue weighted by Gasteiger charge is -2.14. The molecule has 2 nitrogen and oxygen atoms in total. The number of nitrogens with one attached hydrogen (secondary N) is 1. The van der Waals surface area contributed by atoms with Gasteiger partial charge in [-0.05, 0) is 48.8 Å². The van der Waals surface area contributed by atoms with Crippen molar-refractivity contribution in [1.29, 1.82) is 0 Å². The Morgan fingerprint density at radius 3 is 2.87 bits per heavy atom. The molecule has 0 aliphatic carbocycles. The molecule has 0 aliphatic rings. The van der Waals surface area contributed by atoms with Crippen molar-refractivity contribution in [2.75, 3.05) is 7.05 Å². The first kappa shape index (κ1) is 10.5. The van der Waals surface area contributed by atoms with Gasteiger partial charge in [0.05, 0.1) is 6.26 Å². The molecule has 0 bridgehead atoms. The topological polar surface area (TPSA) is 25.2 Å². The summed E-state index contributed by atoms with van der Waals surface area (Å²) in [6, 6.07) is 4.56. The molecule has 2 rings (SSSR count). The lowest BCUT2D eigenvalue weighted by molar-refractivity contribution is 0.512. The number of furan rings is 1. The van der Waals surface area contributed by atoms with E-state index in [1.807, 2.05) is 20.0 Å². The lowest BCUT2D eigenvalue weighted by atomic mass is 10.0. The first-order valence-electron chi connectivity index (χ1n) is 5.03. The summed E-state index contributed by atoms with van der Waals surface area (Å²) in [7, 11) is 1.99. The van der Waals surface area contributed by atoms with Crippen LogP contribution in [0.25, 0.3) is 0 Å². The summed E-state index contributed by atoms with van der Waals surface area (Å²) >= 11 is 1.74. The number of hydrogen-bond acceptors (Lipinski definition) is 3. The fourth-order valence-corrected chi connectivity index (χ4v) is 2.45. The number of aryl methyl sites for hydroxylation is 1. The Bertz CT molecular complexity index is 405. The molecule has 0 saturated heterocycles. The van der Waals surface area contributed by atoms with Gasteiger partial charge in [0.15, 0.2) is 0 Å². The molecule has 0 saturated carbocycles. The van der Waals surface area contributed by atoms with Gasteiger partial charge in [-0.15, -0.1) is 0 Å². The van der Waals surface area contributed by atoms with Crippen LogP contribution in [0.1, 0.15) is 22.9 Å². The molecule has 1 atom stereocenters. The van der Waals surface area contributed by atoms with E-state index in [4.69, 9.17) is 4.42 Å². The maximum atomic E-state index is 5.33. The van der Waals surface area contributed by atoms with Gasteiger partial charge in [0.25, 0.3) is 0 Å². The predicted molar refractivity (Wildman–Crippen MR) is 63.3 cm³/mol. The van der Waals surface area contributed by atoms with Crippen LogP contribution in [0.15, 0.2) is 33.6 Å². The molecule has 2 aromatic heterocycles. The minimum absolute atomic E-state index is 0.346. The Morgan fingerprint density at radius 2 is 2.33 bits per heavy atom. The van der Waals surface area contributed by atoms with Crippen molar-refractivity contribution < 1.29 is 4.42 Å². The van der Waals surface area contributed by atoms with Crippen LogP contribution < -0.4 is 5.32 Å². The summed E-state index contributed by atoms with van der Waals surface area (Å²) < 4.78 is 5.33. The van der Waals surface area contributed by atoms with Crippen molar-refractivity contribution in [3.63, 3.8) is 0 Å². The Balaban J connectivity index is 2.15. The fraction of sp³-hybridized carbons (Fsp3) is 0.333. The first-order chi connectivity index (χ1) is 7.31. The van der Waals surface area contributed by atoms with Gasteiger partial charge >= 0.3 is 0 Å². The average molecular weight is 221 g/mol. The van der Waals surface area contributed by atoms with Gasteiger partial charge in [0, 0.05) is 11.6 Å². The van der Waals surface area contributed by atoms with E-state index in [0.29, 0.717) is 6.04 Å². The zero-order valence-corrected chi connectivity index (χ0v) is 9.80. The quantitative estimate of drug-likeness (QED) is 0.858. The van der Waals surface area contributed by atoms with E-state index < -0.39 is 0 Å². The van der Waals surface area contributed by atoms with Gasteiger partial charge in [-0.1, -0.05) is 0 Å². The number of rotatable bonds is 4. The highest BCUT2D eigenvalue weighted by Crippen LogP contribution is 2.23. The van der Waals surface area contributed by atoms with Crippen LogP contribution in [-0.4, -0.2) is 7.05 Å². The van der Waals surface area contributed by atoms with Gasteiger partial charge in [0.1, 0.15) is 5.76 Å². The molecule has 0 radical (unpaired) electrons. The lowest BCUT2D eigenvalue weighted by Crippen LogP contribution is -2.18. The maximum absolute atomic E-state index is 5.33. The summed E-state index contributed by atoms with van der Waals surface area (Å²) in [4.78, 5) is 0. The van der Waals surface area contributed by atoms with Crippen LogP contribution in [0.3, 0.4) is 0 Å². The second-order valence-corrected chi connectivity index (χ2v) is 4.39. The van der Waals surface area contributed by atoms with E-state index in [9.17, 15) is 0 Å². The van der Waals surface area contributed by atoms with Crippen LogP contribution >= 0.6 is 11.3 Å². The van der Waals surface area contributed by atoms with Crippen molar-refractivity contribution in [3.05, 3.63) is 46.0 Å². The molecule has 3 heteroatoms. The Kier molecular flexibility index (Phi) is 3.23. The zero-order chi connectivity index (χ0) is 10.7. The molecule has 2 aromatic rings. The van der Waals surface area contributed by atoms with Crippen molar-refractivity contribution in [2.45, 2.75) is 19.4 Å². The third kappa shape index (κ3) is 2.30. The van der Waals surface area contributed by atoms with E-state index in [1.54, 1.807) is 17.6 Å². The number of thiophene rings is 1. The molecule has 1 unspecified atom stereocenters. The Labute approximate surface area is 93.9 Å². The van der Waals surface area contributed by atoms with Gasteiger partial charge < -0.3 is 9.73 Å². The second-order valence-electron chi connectivity index (χ2n) is 3.61. The monoisotopic (exact) mass is 221 g/mol. The van der Waals surface area contributed by atoms with Gasteiger partial charge in [-0.3, -0.25) is 0 Å². The summed E-state index contributed by atoms with van der Waals surface area (Å²) in [6.07, 6.45) is 2.77. The van der Waals surface area contributed by atoms with E-state index in [2.05, 4.69) is 22.1 Å². The smallest absolute Gasteiger partial charge is 0.105 e. The molecule has 80 valence electrons. The SMILES string of the molecule is CNC(Cc1ccsc1)c1ccoc1C. The molecule has 0 aromatic carbocycles. The van der Waals surface area contributed by atoms with E-state index in [0.717, 1.165) is 12.2 Å². The molecule has 0 spiro atoms. The van der Waals surface area contributed by atoms with E-state index in [1.165, 1.54) is 11.1 Å². The van der Waals surface area contributed by atoms with Crippen molar-refractivity contribution in [1.82, 2.24) is 5.32 Å². The molecular weight excluding hydrogens is 206 g/mol. The van der Waals surface area contributed by atoms with Crippen molar-refractivity contribution in [3.8, 4) is 0 Å². The average Bonchev–Trinajstić information content (AvgIpc) is 2.85. The van der Waals surface area contributed by atoms with Gasteiger partial charge in [-0.25, -0.2) is 0 Å². The zero-order valence-electron chi connectivity index (χ0n) is 8.99. The minimum Gasteiger partial charge on any atom is -0.469 e. The van der Waals surface area contributed by atoms with E-state index >= 15 is 0 Å². The van der Waals surface area contributed by atoms with Gasteiger partial charge in [-0.2, -0.15) is 11.3 Å². The van der Waals surface area contributed by atoms with Crippen LogP contribution in [0.2, 0.25) is 0 Å². The third-order valence-corrected chi connectivity index (χ3v) is 3.37. The van der Waals surface area contributed by atoms with Crippen LogP contribution in [0.5, 0.6) is 0 Å². The Morgan fingerprint density at radius 1 is 1.47 bits per heavy atom. The highest BCUT2D eigenvalue weighted by atomic mass is 32.1. The fourth-order valence-electron chi connectivity index (χ4n) is 1.77. The summed E-state index contributed by atoms with van der Waals surface area (Å²) in [5.41, 5.74) is 2.63. The molecule has 15 heavy (non-hydrogen) atoms. The highest BCUT2D eigenvalue weighted by Gasteiger charge is 2.14. The van der Waals surface area contributed by atoms with Crippen molar-refractivity contribution in [2.24, 2.45) is 0 Å². The molecule has 0 aliphatic heterocycles. The molecule has 1 N–H and O–H groups in total. The predicted octanol–water partition coefficient (Wildman–Crippen LogP) is 3.15. The summed E-state index contributed by atoms with van der Waals surface area (Å²) in [5.74, 6) is 1.00. The van der Waals surface area contributed by atoms with Crippen LogP contribution in [0.4, 0.5) is 0 Å². The van der Waals surface area contributed by atoms with Gasteiger partial charge in [0.2, 0.25) is 0 Å². The molecule has 0 fully saturated rings. The summed E-state index contributed by atoms with van der Waals surface area (Å²) in [6.45, 7) is 2.01. The largest absolute Gasteiger partial charge is 0.469 e. The van der Waals surface area contributed by atoms with Crippen LogP contribution in [-0.2, 0) is 6.42 Å². The molecule has 2 heterocycles.